The molecule has 0 bridgehead atoms. The second-order valence-electron chi connectivity index (χ2n) is 4.16. The molecule has 1 amide bonds. The van der Waals surface area contributed by atoms with Crippen LogP contribution in [0.3, 0.4) is 0 Å². The smallest absolute Gasteiger partial charge is 0.308 e. The van der Waals surface area contributed by atoms with E-state index in [1.54, 1.807) is 6.92 Å². The van der Waals surface area contributed by atoms with Crippen LogP contribution in [0.5, 0.6) is 0 Å². The summed E-state index contributed by atoms with van der Waals surface area (Å²) in [5.74, 6) is -1.63. The van der Waals surface area contributed by atoms with Gasteiger partial charge in [0.15, 0.2) is 0 Å². The van der Waals surface area contributed by atoms with Gasteiger partial charge in [-0.1, -0.05) is 25.1 Å². The van der Waals surface area contributed by atoms with E-state index < -0.39 is 11.9 Å². The Bertz CT molecular complexity index is 428. The number of benzene rings is 1. The maximum Gasteiger partial charge on any atom is 0.308 e. The first-order valence-electron chi connectivity index (χ1n) is 5.50. The predicted molar refractivity (Wildman–Crippen MR) is 66.0 cm³/mol. The van der Waals surface area contributed by atoms with E-state index in [-0.39, 0.29) is 12.5 Å². The summed E-state index contributed by atoms with van der Waals surface area (Å²) in [5, 5.41) is 8.89. The van der Waals surface area contributed by atoms with Crippen molar-refractivity contribution >= 4 is 17.6 Å². The van der Waals surface area contributed by atoms with Gasteiger partial charge in [0.05, 0.1) is 5.92 Å². The lowest BCUT2D eigenvalue weighted by molar-refractivity contribution is -0.140. The van der Waals surface area contributed by atoms with Crippen molar-refractivity contribution in [1.82, 2.24) is 0 Å². The Morgan fingerprint density at radius 2 is 1.94 bits per heavy atom. The van der Waals surface area contributed by atoms with E-state index in [9.17, 15) is 9.59 Å². The number of carboxylic acid groups (broad SMARTS) is 1. The molecule has 0 spiro atoms. The van der Waals surface area contributed by atoms with Crippen LogP contribution in [0.25, 0.3) is 0 Å². The molecule has 92 valence electrons. The summed E-state index contributed by atoms with van der Waals surface area (Å²) in [5.41, 5.74) is 1.73. The third-order valence-electron chi connectivity index (χ3n) is 2.66. The second kappa shape index (κ2) is 5.48. The highest BCUT2D eigenvalue weighted by atomic mass is 16.4. The van der Waals surface area contributed by atoms with E-state index in [1.165, 1.54) is 11.8 Å². The number of carbonyl (C=O) groups excluding carboxylic acids is 1. The van der Waals surface area contributed by atoms with Crippen LogP contribution in [0.2, 0.25) is 0 Å². The van der Waals surface area contributed by atoms with Crippen LogP contribution < -0.4 is 4.90 Å². The van der Waals surface area contributed by atoms with Gasteiger partial charge in [-0.25, -0.2) is 0 Å². The van der Waals surface area contributed by atoms with Crippen molar-refractivity contribution in [3.8, 4) is 0 Å². The van der Waals surface area contributed by atoms with Crippen molar-refractivity contribution in [2.75, 3.05) is 11.4 Å². The van der Waals surface area contributed by atoms with E-state index in [4.69, 9.17) is 5.11 Å². The standard InChI is InChI=1S/C13H17NO3/c1-9-6-4-5-7-12(9)14(11(3)15)8-10(2)13(16)17/h4-7,10H,8H2,1-3H3,(H,16,17). The topological polar surface area (TPSA) is 57.6 Å². The summed E-state index contributed by atoms with van der Waals surface area (Å²) in [6, 6.07) is 7.45. The van der Waals surface area contributed by atoms with E-state index in [1.807, 2.05) is 31.2 Å². The molecule has 17 heavy (non-hydrogen) atoms. The van der Waals surface area contributed by atoms with Crippen LogP contribution in [0.1, 0.15) is 19.4 Å². The molecule has 0 saturated heterocycles. The summed E-state index contributed by atoms with van der Waals surface area (Å²) >= 11 is 0. The third-order valence-corrected chi connectivity index (χ3v) is 2.66. The van der Waals surface area contributed by atoms with Gasteiger partial charge in [-0.2, -0.15) is 0 Å². The molecule has 1 rings (SSSR count). The van der Waals surface area contributed by atoms with E-state index in [2.05, 4.69) is 0 Å². The number of carbonyl (C=O) groups is 2. The molecule has 1 unspecified atom stereocenters. The van der Waals surface area contributed by atoms with Gasteiger partial charge in [-0.15, -0.1) is 0 Å². The minimum Gasteiger partial charge on any atom is -0.481 e. The fourth-order valence-electron chi connectivity index (χ4n) is 1.61. The number of rotatable bonds is 4. The van der Waals surface area contributed by atoms with Crippen molar-refractivity contribution in [3.05, 3.63) is 29.8 Å². The van der Waals surface area contributed by atoms with Gasteiger partial charge in [-0.05, 0) is 18.6 Å². The van der Waals surface area contributed by atoms with Crippen molar-refractivity contribution in [2.45, 2.75) is 20.8 Å². The molecule has 0 aliphatic rings. The maximum absolute atomic E-state index is 11.6. The highest BCUT2D eigenvalue weighted by Gasteiger charge is 2.20. The summed E-state index contributed by atoms with van der Waals surface area (Å²) in [4.78, 5) is 23.9. The zero-order valence-corrected chi connectivity index (χ0v) is 10.3. The van der Waals surface area contributed by atoms with Gasteiger partial charge in [0.2, 0.25) is 5.91 Å². The summed E-state index contributed by atoms with van der Waals surface area (Å²) in [7, 11) is 0. The molecule has 0 radical (unpaired) electrons. The van der Waals surface area contributed by atoms with Crippen LogP contribution in [0.15, 0.2) is 24.3 Å². The SMILES string of the molecule is CC(=O)N(CC(C)C(=O)O)c1ccccc1C. The number of aryl methyl sites for hydroxylation is 1. The highest BCUT2D eigenvalue weighted by Crippen LogP contribution is 2.20. The number of carboxylic acids is 1. The van der Waals surface area contributed by atoms with Crippen LogP contribution in [0.4, 0.5) is 5.69 Å². The molecule has 0 aliphatic carbocycles. The molecule has 4 nitrogen and oxygen atoms in total. The lowest BCUT2D eigenvalue weighted by Crippen LogP contribution is -2.35. The molecule has 0 saturated carbocycles. The number of aliphatic carboxylic acids is 1. The van der Waals surface area contributed by atoms with Crippen LogP contribution in [-0.4, -0.2) is 23.5 Å². The average molecular weight is 235 g/mol. The van der Waals surface area contributed by atoms with Crippen molar-refractivity contribution < 1.29 is 14.7 Å². The first kappa shape index (κ1) is 13.2. The lowest BCUT2D eigenvalue weighted by Gasteiger charge is -2.24. The van der Waals surface area contributed by atoms with Crippen molar-refractivity contribution in [1.29, 1.82) is 0 Å². The molecule has 0 aromatic heterocycles. The van der Waals surface area contributed by atoms with Crippen LogP contribution in [-0.2, 0) is 9.59 Å². The number of anilines is 1. The summed E-state index contributed by atoms with van der Waals surface area (Å²) in [6.07, 6.45) is 0. The minimum absolute atomic E-state index is 0.146. The molecule has 0 aliphatic heterocycles. The van der Waals surface area contributed by atoms with Gasteiger partial charge in [0.25, 0.3) is 0 Å². The Morgan fingerprint density at radius 3 is 2.41 bits per heavy atom. The van der Waals surface area contributed by atoms with Gasteiger partial charge in [-0.3, -0.25) is 9.59 Å². The third kappa shape index (κ3) is 3.31. The molecule has 1 aromatic rings. The predicted octanol–water partition coefficient (Wildman–Crippen LogP) is 2.07. The Hall–Kier alpha value is -1.84. The van der Waals surface area contributed by atoms with Crippen LogP contribution in [0, 0.1) is 12.8 Å². The van der Waals surface area contributed by atoms with Gasteiger partial charge >= 0.3 is 5.97 Å². The number of hydrogen-bond acceptors (Lipinski definition) is 2. The molecule has 1 atom stereocenters. The quantitative estimate of drug-likeness (QED) is 0.869. The molecule has 1 aromatic carbocycles. The fraction of sp³-hybridized carbons (Fsp3) is 0.385. The molecule has 0 fully saturated rings. The van der Waals surface area contributed by atoms with Crippen molar-refractivity contribution in [3.63, 3.8) is 0 Å². The zero-order valence-electron chi connectivity index (χ0n) is 10.3. The van der Waals surface area contributed by atoms with E-state index in [0.717, 1.165) is 11.3 Å². The molecular formula is C13H17NO3. The number of para-hydroxylation sites is 1. The first-order valence-corrected chi connectivity index (χ1v) is 5.50. The van der Waals surface area contributed by atoms with Gasteiger partial charge in [0, 0.05) is 19.2 Å². The number of hydrogen-bond donors (Lipinski definition) is 1. The molecule has 1 N–H and O–H groups in total. The summed E-state index contributed by atoms with van der Waals surface area (Å²) in [6.45, 7) is 5.13. The zero-order chi connectivity index (χ0) is 13.0. The Kier molecular flexibility index (Phi) is 4.26. The maximum atomic E-state index is 11.6. The molecule has 0 heterocycles. The highest BCUT2D eigenvalue weighted by molar-refractivity contribution is 5.93. The van der Waals surface area contributed by atoms with Gasteiger partial charge in [0.1, 0.15) is 0 Å². The van der Waals surface area contributed by atoms with E-state index in [0.29, 0.717) is 0 Å². The Labute approximate surface area is 101 Å². The van der Waals surface area contributed by atoms with Crippen LogP contribution >= 0.6 is 0 Å². The molecular weight excluding hydrogens is 218 g/mol. The molecule has 4 heteroatoms. The average Bonchev–Trinajstić information content (AvgIpc) is 2.26. The summed E-state index contributed by atoms with van der Waals surface area (Å²) < 4.78 is 0. The minimum atomic E-state index is -0.898. The number of nitrogens with zero attached hydrogens (tertiary/aromatic N) is 1. The number of amides is 1. The largest absolute Gasteiger partial charge is 0.481 e. The lowest BCUT2D eigenvalue weighted by atomic mass is 10.1. The van der Waals surface area contributed by atoms with Crippen molar-refractivity contribution in [2.24, 2.45) is 5.92 Å². The fourth-order valence-corrected chi connectivity index (χ4v) is 1.61. The van der Waals surface area contributed by atoms with E-state index >= 15 is 0 Å². The second-order valence-corrected chi connectivity index (χ2v) is 4.16. The first-order chi connectivity index (χ1) is 7.93. The Balaban J connectivity index is 2.99. The van der Waals surface area contributed by atoms with Gasteiger partial charge < -0.3 is 10.0 Å². The monoisotopic (exact) mass is 235 g/mol. The normalized spacial score (nSPS) is 11.9. The Morgan fingerprint density at radius 1 is 1.35 bits per heavy atom.